The third kappa shape index (κ3) is 2.90. The molecular weight excluding hydrogens is 429 g/mol. The van der Waals surface area contributed by atoms with Crippen LogP contribution in [0.15, 0.2) is 12.1 Å². The van der Waals surface area contributed by atoms with Crippen molar-refractivity contribution in [3.63, 3.8) is 0 Å². The first-order chi connectivity index (χ1) is 14.7. The van der Waals surface area contributed by atoms with Gasteiger partial charge in [-0.05, 0) is 26.0 Å². The number of nitrogens with one attached hydrogen (secondary N) is 1. The molecule has 160 valence electrons. The molecule has 0 fully saturated rings. The van der Waals surface area contributed by atoms with E-state index in [1.165, 1.54) is 4.68 Å². The number of rotatable bonds is 3. The number of fused-ring (bicyclic) bond motifs is 2. The van der Waals surface area contributed by atoms with Crippen molar-refractivity contribution in [2.45, 2.75) is 37.2 Å². The number of hydrogen-bond donors (Lipinski definition) is 2. The average Bonchev–Trinajstić information content (AvgIpc) is 3.36. The lowest BCUT2D eigenvalue weighted by Gasteiger charge is -2.16. The molecule has 2 aliphatic rings. The molecule has 0 saturated heterocycles. The maximum absolute atomic E-state index is 14.2. The zero-order valence-electron chi connectivity index (χ0n) is 16.6. The Kier molecular flexibility index (Phi) is 4.30. The van der Waals surface area contributed by atoms with Crippen LogP contribution in [-0.2, 0) is 28.1 Å². The van der Waals surface area contributed by atoms with Gasteiger partial charge in [-0.15, -0.1) is 0 Å². The maximum Gasteiger partial charge on any atom is 0.254 e. The molecule has 11 heteroatoms. The largest absolute Gasteiger partial charge is 0.383 e. The number of anilines is 2. The Hall–Kier alpha value is -3.08. The highest BCUT2D eigenvalue weighted by molar-refractivity contribution is 7.98. The van der Waals surface area contributed by atoms with Gasteiger partial charge in [0.05, 0.1) is 22.4 Å². The molecule has 2 aromatic heterocycles. The summed E-state index contributed by atoms with van der Waals surface area (Å²) in [5, 5.41) is 7.20. The number of nitrogen functional groups attached to an aromatic ring is 1. The van der Waals surface area contributed by atoms with E-state index in [-0.39, 0.29) is 29.7 Å². The molecule has 1 aromatic carbocycles. The molecule has 5 rings (SSSR count). The standard InChI is InChI=1S/C20H17F3N6OS/c1-20(2)14-16(24)25-19(27-17(14)26-18(20)30)29-13-7-31-6-9(13)12(28-29)5-8-10(21)3-4-11(22)15(8)23/h3-4H,5-7H2,1-2H3,(H3,24,25,26,27,30). The van der Waals surface area contributed by atoms with Crippen molar-refractivity contribution in [1.29, 1.82) is 0 Å². The molecule has 0 atom stereocenters. The van der Waals surface area contributed by atoms with Crippen LogP contribution < -0.4 is 11.1 Å². The highest BCUT2D eigenvalue weighted by Crippen LogP contribution is 2.40. The fourth-order valence-corrected chi connectivity index (χ4v) is 5.08. The summed E-state index contributed by atoms with van der Waals surface area (Å²) in [6, 6.07) is 1.65. The number of aromatic nitrogens is 4. The SMILES string of the molecule is CC1(C)C(=O)Nc2nc(-n3nc(Cc4c(F)ccc(F)c4F)c4c3CSC4)nc(N)c21. The second-order valence-electron chi connectivity index (χ2n) is 7.99. The van der Waals surface area contributed by atoms with Gasteiger partial charge in [0.25, 0.3) is 5.95 Å². The van der Waals surface area contributed by atoms with E-state index in [2.05, 4.69) is 20.4 Å². The van der Waals surface area contributed by atoms with E-state index in [0.717, 1.165) is 23.4 Å². The predicted molar refractivity (Wildman–Crippen MR) is 109 cm³/mol. The van der Waals surface area contributed by atoms with Gasteiger partial charge in [-0.2, -0.15) is 26.8 Å². The Morgan fingerprint density at radius 3 is 2.71 bits per heavy atom. The molecular formula is C20H17F3N6OS. The molecule has 1 amide bonds. The van der Waals surface area contributed by atoms with E-state index in [1.54, 1.807) is 25.6 Å². The number of carbonyl (C=O) groups excluding carboxylic acids is 1. The van der Waals surface area contributed by atoms with Gasteiger partial charge in [0.2, 0.25) is 5.91 Å². The lowest BCUT2D eigenvalue weighted by Crippen LogP contribution is -2.27. The van der Waals surface area contributed by atoms with Gasteiger partial charge < -0.3 is 11.1 Å². The van der Waals surface area contributed by atoms with Crippen molar-refractivity contribution in [2.75, 3.05) is 11.1 Å². The fraction of sp³-hybridized carbons (Fsp3) is 0.300. The van der Waals surface area contributed by atoms with Gasteiger partial charge in [-0.1, -0.05) is 0 Å². The van der Waals surface area contributed by atoms with E-state index in [1.807, 2.05) is 0 Å². The van der Waals surface area contributed by atoms with Crippen LogP contribution in [0.1, 0.15) is 41.9 Å². The van der Waals surface area contributed by atoms with Crippen LogP contribution in [0.2, 0.25) is 0 Å². The molecule has 0 bridgehead atoms. The smallest absolute Gasteiger partial charge is 0.254 e. The third-order valence-electron chi connectivity index (χ3n) is 5.68. The number of halogens is 3. The van der Waals surface area contributed by atoms with Crippen LogP contribution in [0, 0.1) is 17.5 Å². The number of nitrogens with two attached hydrogens (primary N) is 1. The summed E-state index contributed by atoms with van der Waals surface area (Å²) in [4.78, 5) is 21.1. The first-order valence-corrected chi connectivity index (χ1v) is 10.6. The van der Waals surface area contributed by atoms with Gasteiger partial charge in [0.15, 0.2) is 11.6 Å². The number of hydrogen-bond acceptors (Lipinski definition) is 6. The minimum atomic E-state index is -1.23. The zero-order chi connectivity index (χ0) is 22.1. The number of thioether (sulfide) groups is 1. The highest BCUT2D eigenvalue weighted by atomic mass is 32.2. The Bertz CT molecular complexity index is 1270. The van der Waals surface area contributed by atoms with Gasteiger partial charge >= 0.3 is 0 Å². The summed E-state index contributed by atoms with van der Waals surface area (Å²) < 4.78 is 43.5. The number of amides is 1. The molecule has 0 radical (unpaired) electrons. The molecule has 2 aliphatic heterocycles. The number of benzene rings is 1. The lowest BCUT2D eigenvalue weighted by atomic mass is 9.87. The van der Waals surface area contributed by atoms with E-state index in [0.29, 0.717) is 28.6 Å². The zero-order valence-corrected chi connectivity index (χ0v) is 17.4. The minimum absolute atomic E-state index is 0.152. The molecule has 3 aromatic rings. The van der Waals surface area contributed by atoms with Crippen LogP contribution in [-0.4, -0.2) is 25.7 Å². The van der Waals surface area contributed by atoms with Gasteiger partial charge in [0.1, 0.15) is 17.5 Å². The topological polar surface area (TPSA) is 98.7 Å². The maximum atomic E-state index is 14.2. The summed E-state index contributed by atoms with van der Waals surface area (Å²) in [6.07, 6.45) is -0.213. The van der Waals surface area contributed by atoms with E-state index >= 15 is 0 Å². The van der Waals surface area contributed by atoms with Crippen molar-refractivity contribution < 1.29 is 18.0 Å². The Labute approximate surface area is 179 Å². The Morgan fingerprint density at radius 2 is 1.94 bits per heavy atom. The van der Waals surface area contributed by atoms with Gasteiger partial charge in [-0.3, -0.25) is 4.79 Å². The third-order valence-corrected chi connectivity index (χ3v) is 6.65. The molecule has 4 heterocycles. The molecule has 7 nitrogen and oxygen atoms in total. The predicted octanol–water partition coefficient (Wildman–Crippen LogP) is 3.23. The van der Waals surface area contributed by atoms with Gasteiger partial charge in [-0.25, -0.2) is 17.9 Å². The lowest BCUT2D eigenvalue weighted by molar-refractivity contribution is -0.119. The van der Waals surface area contributed by atoms with Crippen molar-refractivity contribution in [3.8, 4) is 5.95 Å². The first-order valence-electron chi connectivity index (χ1n) is 9.48. The van der Waals surface area contributed by atoms with Crippen LogP contribution in [0.25, 0.3) is 5.95 Å². The van der Waals surface area contributed by atoms with E-state index in [4.69, 9.17) is 5.73 Å². The summed E-state index contributed by atoms with van der Waals surface area (Å²) in [6.45, 7) is 3.46. The Morgan fingerprint density at radius 1 is 1.19 bits per heavy atom. The van der Waals surface area contributed by atoms with Crippen molar-refractivity contribution in [1.82, 2.24) is 19.7 Å². The van der Waals surface area contributed by atoms with Crippen molar-refractivity contribution >= 4 is 29.3 Å². The number of nitrogens with zero attached hydrogens (tertiary/aromatic N) is 4. The molecule has 0 unspecified atom stereocenters. The monoisotopic (exact) mass is 446 g/mol. The van der Waals surface area contributed by atoms with Crippen molar-refractivity contribution in [2.24, 2.45) is 0 Å². The molecule has 0 saturated carbocycles. The van der Waals surface area contributed by atoms with E-state index < -0.39 is 22.9 Å². The molecule has 0 aliphatic carbocycles. The normalized spacial score (nSPS) is 16.4. The van der Waals surface area contributed by atoms with Crippen LogP contribution in [0.4, 0.5) is 24.8 Å². The Balaban J connectivity index is 1.61. The average molecular weight is 446 g/mol. The summed E-state index contributed by atoms with van der Waals surface area (Å²) >= 11 is 1.61. The minimum Gasteiger partial charge on any atom is -0.383 e. The quantitative estimate of drug-likeness (QED) is 0.600. The number of carbonyl (C=O) groups is 1. The first kappa shape index (κ1) is 19.9. The summed E-state index contributed by atoms with van der Waals surface area (Å²) in [5.74, 6) is -1.61. The molecule has 3 N–H and O–H groups in total. The van der Waals surface area contributed by atoms with Crippen molar-refractivity contribution in [3.05, 3.63) is 57.7 Å². The van der Waals surface area contributed by atoms with Crippen LogP contribution in [0.3, 0.4) is 0 Å². The fourth-order valence-electron chi connectivity index (χ4n) is 3.95. The second kappa shape index (κ2) is 6.71. The van der Waals surface area contributed by atoms with E-state index in [9.17, 15) is 18.0 Å². The van der Waals surface area contributed by atoms with Crippen LogP contribution >= 0.6 is 11.8 Å². The second-order valence-corrected chi connectivity index (χ2v) is 8.97. The highest BCUT2D eigenvalue weighted by Gasteiger charge is 2.42. The summed E-state index contributed by atoms with van der Waals surface area (Å²) in [5.41, 5.74) is 7.42. The molecule has 31 heavy (non-hydrogen) atoms. The van der Waals surface area contributed by atoms with Crippen LogP contribution in [0.5, 0.6) is 0 Å². The summed E-state index contributed by atoms with van der Waals surface area (Å²) in [7, 11) is 0. The molecule has 0 spiro atoms. The van der Waals surface area contributed by atoms with Gasteiger partial charge in [0, 0.05) is 29.1 Å².